The van der Waals surface area contributed by atoms with Crippen LogP contribution in [0.25, 0.3) is 0 Å². The predicted molar refractivity (Wildman–Crippen MR) is 86.7 cm³/mol. The Labute approximate surface area is 130 Å². The van der Waals surface area contributed by atoms with Crippen molar-refractivity contribution in [3.63, 3.8) is 0 Å². The Morgan fingerprint density at radius 3 is 2.48 bits per heavy atom. The lowest BCUT2D eigenvalue weighted by molar-refractivity contribution is 0.0775. The molecular formula is C17H33N3O. The van der Waals surface area contributed by atoms with Crippen molar-refractivity contribution in [1.29, 1.82) is 0 Å². The van der Waals surface area contributed by atoms with Crippen LogP contribution in [0.3, 0.4) is 0 Å². The molecule has 1 N–H and O–H groups in total. The van der Waals surface area contributed by atoms with Crippen molar-refractivity contribution >= 4 is 0 Å². The molecule has 2 heterocycles. The highest BCUT2D eigenvalue weighted by atomic mass is 16.5. The molecule has 0 aromatic rings. The van der Waals surface area contributed by atoms with E-state index >= 15 is 0 Å². The van der Waals surface area contributed by atoms with Gasteiger partial charge in [-0.2, -0.15) is 0 Å². The fraction of sp³-hybridized carbons (Fsp3) is 1.00. The number of rotatable bonds is 6. The van der Waals surface area contributed by atoms with Crippen LogP contribution in [0.1, 0.15) is 45.4 Å². The molecule has 0 spiro atoms. The smallest absolute Gasteiger partial charge is 0.0726 e. The van der Waals surface area contributed by atoms with Crippen LogP contribution in [0.2, 0.25) is 0 Å². The molecule has 0 aromatic carbocycles. The second-order valence-corrected chi connectivity index (χ2v) is 7.11. The van der Waals surface area contributed by atoms with Gasteiger partial charge in [0.05, 0.1) is 6.10 Å². The fourth-order valence-electron chi connectivity index (χ4n) is 4.20. The van der Waals surface area contributed by atoms with Crippen LogP contribution in [-0.4, -0.2) is 73.9 Å². The van der Waals surface area contributed by atoms with Crippen LogP contribution in [-0.2, 0) is 4.74 Å². The summed E-state index contributed by atoms with van der Waals surface area (Å²) in [6.07, 6.45) is 8.71. The van der Waals surface area contributed by atoms with Gasteiger partial charge in [-0.3, -0.25) is 9.80 Å². The molecule has 4 nitrogen and oxygen atoms in total. The number of nitrogens with one attached hydrogen (secondary N) is 1. The summed E-state index contributed by atoms with van der Waals surface area (Å²) in [4.78, 5) is 5.37. The molecule has 1 saturated carbocycles. The highest BCUT2D eigenvalue weighted by molar-refractivity contribution is 4.82. The van der Waals surface area contributed by atoms with Gasteiger partial charge >= 0.3 is 0 Å². The van der Waals surface area contributed by atoms with Gasteiger partial charge in [-0.25, -0.2) is 0 Å². The van der Waals surface area contributed by atoms with E-state index in [1.54, 1.807) is 0 Å². The Bertz CT molecular complexity index is 292. The average Bonchev–Trinajstić information content (AvgIpc) is 3.21. The number of piperazine rings is 1. The van der Waals surface area contributed by atoms with Crippen molar-refractivity contribution in [2.75, 3.05) is 45.9 Å². The molecule has 2 unspecified atom stereocenters. The second-order valence-electron chi connectivity index (χ2n) is 7.11. The van der Waals surface area contributed by atoms with Gasteiger partial charge in [0, 0.05) is 58.0 Å². The lowest BCUT2D eigenvalue weighted by Gasteiger charge is -2.38. The van der Waals surface area contributed by atoms with Crippen molar-refractivity contribution < 1.29 is 4.74 Å². The Balaban J connectivity index is 1.28. The molecule has 0 amide bonds. The second kappa shape index (κ2) is 7.91. The van der Waals surface area contributed by atoms with Crippen molar-refractivity contribution in [3.8, 4) is 0 Å². The molecule has 4 heteroatoms. The van der Waals surface area contributed by atoms with E-state index in [2.05, 4.69) is 22.0 Å². The molecule has 2 aliphatic heterocycles. The Kier molecular flexibility index (Phi) is 5.92. The molecule has 1 aliphatic carbocycles. The maximum absolute atomic E-state index is 5.75. The third-order valence-corrected chi connectivity index (χ3v) is 5.66. The third kappa shape index (κ3) is 4.41. The fourth-order valence-corrected chi connectivity index (χ4v) is 4.20. The van der Waals surface area contributed by atoms with Crippen molar-refractivity contribution in [2.24, 2.45) is 0 Å². The standard InChI is InChI=1S/C17H33N3O/c1-15(17-7-4-14-21-17)18-8-9-19-10-12-20(13-11-19)16-5-2-3-6-16/h15-18H,2-14H2,1H3. The van der Waals surface area contributed by atoms with Crippen molar-refractivity contribution in [2.45, 2.75) is 63.6 Å². The van der Waals surface area contributed by atoms with Crippen LogP contribution in [0.4, 0.5) is 0 Å². The monoisotopic (exact) mass is 295 g/mol. The van der Waals surface area contributed by atoms with E-state index in [-0.39, 0.29) is 0 Å². The first-order valence-electron chi connectivity index (χ1n) is 9.14. The molecule has 3 aliphatic rings. The zero-order chi connectivity index (χ0) is 14.5. The Morgan fingerprint density at radius 2 is 1.81 bits per heavy atom. The number of nitrogens with zero attached hydrogens (tertiary/aromatic N) is 2. The predicted octanol–water partition coefficient (Wildman–Crippen LogP) is 1.70. The molecule has 3 fully saturated rings. The van der Waals surface area contributed by atoms with Crippen LogP contribution < -0.4 is 5.32 Å². The number of hydrogen-bond donors (Lipinski definition) is 1. The topological polar surface area (TPSA) is 27.7 Å². The van der Waals surface area contributed by atoms with Gasteiger partial charge in [-0.05, 0) is 32.6 Å². The summed E-state index contributed by atoms with van der Waals surface area (Å²) in [6.45, 7) is 10.6. The molecule has 0 radical (unpaired) electrons. The quantitative estimate of drug-likeness (QED) is 0.807. The van der Waals surface area contributed by atoms with Crippen LogP contribution in [0.5, 0.6) is 0 Å². The molecule has 122 valence electrons. The molecule has 3 rings (SSSR count). The van der Waals surface area contributed by atoms with Gasteiger partial charge in [0.15, 0.2) is 0 Å². The zero-order valence-electron chi connectivity index (χ0n) is 13.7. The minimum atomic E-state index is 0.448. The zero-order valence-corrected chi connectivity index (χ0v) is 13.7. The van der Waals surface area contributed by atoms with Crippen LogP contribution >= 0.6 is 0 Å². The summed E-state index contributed by atoms with van der Waals surface area (Å²) in [5, 5.41) is 3.66. The van der Waals surface area contributed by atoms with Crippen LogP contribution in [0, 0.1) is 0 Å². The largest absolute Gasteiger partial charge is 0.377 e. The Hall–Kier alpha value is -0.160. The summed E-state index contributed by atoms with van der Waals surface area (Å²) in [7, 11) is 0. The molecule has 0 bridgehead atoms. The van der Waals surface area contributed by atoms with Gasteiger partial charge < -0.3 is 10.1 Å². The van der Waals surface area contributed by atoms with Crippen molar-refractivity contribution in [1.82, 2.24) is 15.1 Å². The van der Waals surface area contributed by atoms with Crippen molar-refractivity contribution in [3.05, 3.63) is 0 Å². The summed E-state index contributed by atoms with van der Waals surface area (Å²) in [5.41, 5.74) is 0. The maximum atomic E-state index is 5.75. The van der Waals surface area contributed by atoms with E-state index in [1.807, 2.05) is 0 Å². The van der Waals surface area contributed by atoms with Gasteiger partial charge in [-0.1, -0.05) is 12.8 Å². The molecule has 2 saturated heterocycles. The minimum absolute atomic E-state index is 0.448. The third-order valence-electron chi connectivity index (χ3n) is 5.66. The van der Waals surface area contributed by atoms with Gasteiger partial charge in [0.25, 0.3) is 0 Å². The van der Waals surface area contributed by atoms with Gasteiger partial charge in [-0.15, -0.1) is 0 Å². The lowest BCUT2D eigenvalue weighted by Crippen LogP contribution is -2.51. The van der Waals surface area contributed by atoms with E-state index in [9.17, 15) is 0 Å². The van der Waals surface area contributed by atoms with Gasteiger partial charge in [0.1, 0.15) is 0 Å². The van der Waals surface area contributed by atoms with Crippen LogP contribution in [0.15, 0.2) is 0 Å². The first kappa shape index (κ1) is 15.7. The Morgan fingerprint density at radius 1 is 1.05 bits per heavy atom. The average molecular weight is 295 g/mol. The summed E-state index contributed by atoms with van der Waals surface area (Å²) in [6, 6.07) is 1.41. The highest BCUT2D eigenvalue weighted by Crippen LogP contribution is 2.24. The first-order valence-corrected chi connectivity index (χ1v) is 9.14. The van der Waals surface area contributed by atoms with E-state index in [4.69, 9.17) is 4.74 Å². The number of hydrogen-bond acceptors (Lipinski definition) is 4. The summed E-state index contributed by atoms with van der Waals surface area (Å²) in [5.74, 6) is 0. The first-order chi connectivity index (χ1) is 10.3. The van der Waals surface area contributed by atoms with E-state index in [0.717, 1.165) is 19.2 Å². The van der Waals surface area contributed by atoms with E-state index < -0.39 is 0 Å². The highest BCUT2D eigenvalue weighted by Gasteiger charge is 2.26. The SMILES string of the molecule is CC(NCCN1CCN(C2CCCC2)CC1)C1CCCO1. The van der Waals surface area contributed by atoms with Gasteiger partial charge in [0.2, 0.25) is 0 Å². The lowest BCUT2D eigenvalue weighted by atomic mass is 10.1. The normalized spacial score (nSPS) is 31.0. The van der Waals surface area contributed by atoms with E-state index in [0.29, 0.717) is 12.1 Å². The maximum Gasteiger partial charge on any atom is 0.0726 e. The number of ether oxygens (including phenoxy) is 1. The molecular weight excluding hydrogens is 262 g/mol. The molecule has 2 atom stereocenters. The molecule has 21 heavy (non-hydrogen) atoms. The summed E-state index contributed by atoms with van der Waals surface area (Å²) < 4.78 is 5.75. The minimum Gasteiger partial charge on any atom is -0.377 e. The molecule has 0 aromatic heterocycles. The summed E-state index contributed by atoms with van der Waals surface area (Å²) >= 11 is 0. The van der Waals surface area contributed by atoms with E-state index in [1.165, 1.54) is 71.2 Å².